The minimum absolute atomic E-state index is 0.0452. The molecule has 0 aromatic carbocycles. The van der Waals surface area contributed by atoms with Crippen LogP contribution >= 0.6 is 0 Å². The molecule has 1 fully saturated rings. The summed E-state index contributed by atoms with van der Waals surface area (Å²) >= 11 is 0. The average Bonchev–Trinajstić information content (AvgIpc) is 3.13. The van der Waals surface area contributed by atoms with E-state index in [0.717, 1.165) is 56.9 Å². The Morgan fingerprint density at radius 3 is 2.73 bits per heavy atom. The Balaban J connectivity index is 1.80. The van der Waals surface area contributed by atoms with Crippen LogP contribution in [0, 0.1) is 11.8 Å². The smallest absolute Gasteiger partial charge is 0.308 e. The molecule has 26 heavy (non-hydrogen) atoms. The summed E-state index contributed by atoms with van der Waals surface area (Å²) in [6.45, 7) is 8.20. The predicted octanol–water partition coefficient (Wildman–Crippen LogP) is 3.14. The van der Waals surface area contributed by atoms with Crippen molar-refractivity contribution in [1.82, 2.24) is 10.6 Å². The molecular weight excluding hydrogens is 330 g/mol. The van der Waals surface area contributed by atoms with E-state index in [2.05, 4.69) is 24.5 Å². The summed E-state index contributed by atoms with van der Waals surface area (Å²) in [5.74, 6) is 2.34. The lowest BCUT2D eigenvalue weighted by molar-refractivity contribution is -0.149. The Morgan fingerprint density at radius 2 is 2.12 bits per heavy atom. The minimum atomic E-state index is -0.0452. The van der Waals surface area contributed by atoms with E-state index < -0.39 is 0 Å². The van der Waals surface area contributed by atoms with Gasteiger partial charge < -0.3 is 19.8 Å². The first-order chi connectivity index (χ1) is 12.6. The highest BCUT2D eigenvalue weighted by molar-refractivity contribution is 5.80. The number of rotatable bonds is 8. The van der Waals surface area contributed by atoms with Crippen molar-refractivity contribution in [2.24, 2.45) is 16.8 Å². The molecule has 1 aromatic rings. The molecule has 1 aliphatic rings. The number of guanidine groups is 1. The highest BCUT2D eigenvalue weighted by Gasteiger charge is 2.27. The first-order valence-corrected chi connectivity index (χ1v) is 9.82. The summed E-state index contributed by atoms with van der Waals surface area (Å²) in [5, 5.41) is 6.94. The minimum Gasteiger partial charge on any atom is -0.469 e. The zero-order valence-corrected chi connectivity index (χ0v) is 16.3. The summed E-state index contributed by atoms with van der Waals surface area (Å²) in [5.41, 5.74) is 0. The second kappa shape index (κ2) is 10.9. The molecule has 0 spiro atoms. The molecule has 0 bridgehead atoms. The number of carbonyl (C=O) groups is 1. The van der Waals surface area contributed by atoms with Crippen LogP contribution in [0.15, 0.2) is 27.8 Å². The van der Waals surface area contributed by atoms with Gasteiger partial charge in [0.05, 0.1) is 18.8 Å². The molecule has 0 aliphatic heterocycles. The molecule has 2 rings (SSSR count). The molecule has 1 aromatic heterocycles. The van der Waals surface area contributed by atoms with Crippen LogP contribution in [-0.2, 0) is 16.0 Å². The number of nitrogens with zero attached hydrogens (tertiary/aromatic N) is 1. The van der Waals surface area contributed by atoms with E-state index in [0.29, 0.717) is 18.6 Å². The fourth-order valence-electron chi connectivity index (χ4n) is 3.11. The summed E-state index contributed by atoms with van der Waals surface area (Å²) in [6.07, 6.45) is 6.20. The van der Waals surface area contributed by atoms with Crippen LogP contribution in [0.4, 0.5) is 0 Å². The lowest BCUT2D eigenvalue weighted by Crippen LogP contribution is -2.46. The lowest BCUT2D eigenvalue weighted by atomic mass is 9.86. The van der Waals surface area contributed by atoms with Crippen molar-refractivity contribution in [2.75, 3.05) is 19.7 Å². The van der Waals surface area contributed by atoms with Gasteiger partial charge in [0.2, 0.25) is 0 Å². The molecule has 6 nitrogen and oxygen atoms in total. The monoisotopic (exact) mass is 363 g/mol. The Labute approximate surface area is 156 Å². The van der Waals surface area contributed by atoms with Gasteiger partial charge >= 0.3 is 5.97 Å². The Morgan fingerprint density at radius 1 is 1.35 bits per heavy atom. The van der Waals surface area contributed by atoms with Crippen LogP contribution in [0.2, 0.25) is 0 Å². The second-order valence-corrected chi connectivity index (χ2v) is 7.28. The molecule has 146 valence electrons. The van der Waals surface area contributed by atoms with Gasteiger partial charge in [-0.25, -0.2) is 0 Å². The average molecular weight is 364 g/mol. The number of ether oxygens (including phenoxy) is 1. The topological polar surface area (TPSA) is 75.9 Å². The highest BCUT2D eigenvalue weighted by Crippen LogP contribution is 2.25. The normalized spacial score (nSPS) is 20.8. The first-order valence-electron chi connectivity index (χ1n) is 9.82. The molecule has 0 atom stereocenters. The summed E-state index contributed by atoms with van der Waals surface area (Å²) in [6, 6.07) is 4.24. The summed E-state index contributed by atoms with van der Waals surface area (Å²) in [4.78, 5) is 16.6. The van der Waals surface area contributed by atoms with Crippen LogP contribution in [0.5, 0.6) is 0 Å². The highest BCUT2D eigenvalue weighted by atomic mass is 16.5. The van der Waals surface area contributed by atoms with Gasteiger partial charge in [-0.1, -0.05) is 13.8 Å². The lowest BCUT2D eigenvalue weighted by Gasteiger charge is -2.29. The van der Waals surface area contributed by atoms with Crippen molar-refractivity contribution in [1.29, 1.82) is 0 Å². The van der Waals surface area contributed by atoms with Crippen LogP contribution in [0.1, 0.15) is 52.2 Å². The van der Waals surface area contributed by atoms with E-state index in [1.165, 1.54) is 0 Å². The second-order valence-electron chi connectivity index (χ2n) is 7.28. The molecule has 0 saturated heterocycles. The fourth-order valence-corrected chi connectivity index (χ4v) is 3.11. The van der Waals surface area contributed by atoms with Gasteiger partial charge in [0.15, 0.2) is 5.96 Å². The van der Waals surface area contributed by atoms with E-state index in [9.17, 15) is 4.79 Å². The molecule has 2 N–H and O–H groups in total. The van der Waals surface area contributed by atoms with Crippen molar-refractivity contribution in [2.45, 2.75) is 58.9 Å². The zero-order chi connectivity index (χ0) is 18.8. The number of nitrogens with one attached hydrogen (secondary N) is 2. The molecule has 0 amide bonds. The molecule has 1 aliphatic carbocycles. The predicted molar refractivity (Wildman–Crippen MR) is 103 cm³/mol. The van der Waals surface area contributed by atoms with Crippen LogP contribution < -0.4 is 10.6 Å². The quantitative estimate of drug-likeness (QED) is 0.422. The van der Waals surface area contributed by atoms with E-state index in [-0.39, 0.29) is 11.9 Å². The number of esters is 1. The van der Waals surface area contributed by atoms with Crippen molar-refractivity contribution >= 4 is 11.9 Å². The first kappa shape index (κ1) is 20.3. The standard InChI is InChI=1S/C20H33N3O3/c1-4-25-19(24)16-7-9-17(10-8-16)23-20(22-14-15(2)3)21-12-11-18-6-5-13-26-18/h5-6,13,15-17H,4,7-12,14H2,1-3H3,(H2,21,22,23). The maximum absolute atomic E-state index is 11.9. The van der Waals surface area contributed by atoms with Gasteiger partial charge in [-0.15, -0.1) is 0 Å². The molecule has 6 heteroatoms. The molecule has 0 unspecified atom stereocenters. The van der Waals surface area contributed by atoms with E-state index in [1.807, 2.05) is 19.1 Å². The third-order valence-corrected chi connectivity index (χ3v) is 4.55. The number of furan rings is 1. The fraction of sp³-hybridized carbons (Fsp3) is 0.700. The maximum atomic E-state index is 11.9. The Kier molecular flexibility index (Phi) is 8.51. The van der Waals surface area contributed by atoms with Gasteiger partial charge in [-0.2, -0.15) is 0 Å². The van der Waals surface area contributed by atoms with Crippen molar-refractivity contribution in [3.05, 3.63) is 24.2 Å². The molecular formula is C20H33N3O3. The van der Waals surface area contributed by atoms with Gasteiger partial charge in [0.25, 0.3) is 0 Å². The van der Waals surface area contributed by atoms with Crippen molar-refractivity contribution in [3.8, 4) is 0 Å². The van der Waals surface area contributed by atoms with Crippen molar-refractivity contribution < 1.29 is 13.9 Å². The van der Waals surface area contributed by atoms with Crippen LogP contribution in [-0.4, -0.2) is 37.7 Å². The molecule has 1 saturated carbocycles. The van der Waals surface area contributed by atoms with Gasteiger partial charge in [0.1, 0.15) is 5.76 Å². The number of hydrogen-bond donors (Lipinski definition) is 2. The van der Waals surface area contributed by atoms with Crippen LogP contribution in [0.25, 0.3) is 0 Å². The van der Waals surface area contributed by atoms with E-state index in [1.54, 1.807) is 6.26 Å². The van der Waals surface area contributed by atoms with Gasteiger partial charge in [-0.3, -0.25) is 9.79 Å². The van der Waals surface area contributed by atoms with Gasteiger partial charge in [0, 0.05) is 25.6 Å². The Hall–Kier alpha value is -1.98. The third-order valence-electron chi connectivity index (χ3n) is 4.55. The third kappa shape index (κ3) is 7.10. The summed E-state index contributed by atoms with van der Waals surface area (Å²) in [7, 11) is 0. The maximum Gasteiger partial charge on any atom is 0.308 e. The van der Waals surface area contributed by atoms with E-state index >= 15 is 0 Å². The van der Waals surface area contributed by atoms with Crippen LogP contribution in [0.3, 0.4) is 0 Å². The molecule has 1 heterocycles. The van der Waals surface area contributed by atoms with Crippen molar-refractivity contribution in [3.63, 3.8) is 0 Å². The molecule has 0 radical (unpaired) electrons. The summed E-state index contributed by atoms with van der Waals surface area (Å²) < 4.78 is 10.5. The number of hydrogen-bond acceptors (Lipinski definition) is 4. The zero-order valence-electron chi connectivity index (χ0n) is 16.3. The Bertz CT molecular complexity index is 547. The number of aliphatic imine (C=N–C) groups is 1. The van der Waals surface area contributed by atoms with Gasteiger partial charge in [-0.05, 0) is 50.7 Å². The van der Waals surface area contributed by atoms with E-state index in [4.69, 9.17) is 14.1 Å². The number of carbonyl (C=O) groups excluding carboxylic acids is 1. The largest absolute Gasteiger partial charge is 0.469 e. The SMILES string of the molecule is CCOC(=O)C1CCC(NC(=NCC(C)C)NCCc2ccco2)CC1.